The van der Waals surface area contributed by atoms with Crippen LogP contribution in [0, 0.1) is 6.92 Å². The predicted octanol–water partition coefficient (Wildman–Crippen LogP) is 4.51. The molecule has 1 aliphatic heterocycles. The quantitative estimate of drug-likeness (QED) is 0.497. The first kappa shape index (κ1) is 18.0. The Morgan fingerprint density at radius 3 is 2.16 bits per heavy atom. The van der Waals surface area contributed by atoms with Gasteiger partial charge in [0.1, 0.15) is 11.9 Å². The molecule has 0 amide bonds. The van der Waals surface area contributed by atoms with Crippen molar-refractivity contribution in [2.45, 2.75) is 38.7 Å². The lowest BCUT2D eigenvalue weighted by molar-refractivity contribution is 0.104. The van der Waals surface area contributed by atoms with Gasteiger partial charge < -0.3 is 14.2 Å². The van der Waals surface area contributed by atoms with Gasteiger partial charge in [-0.15, -0.1) is 0 Å². The van der Waals surface area contributed by atoms with Crippen molar-refractivity contribution in [1.29, 1.82) is 0 Å². The van der Waals surface area contributed by atoms with E-state index < -0.39 is 0 Å². The second-order valence-corrected chi connectivity index (χ2v) is 7.25. The number of hydrogen-bond acceptors (Lipinski definition) is 3. The normalized spacial score (nSPS) is 16.7. The van der Waals surface area contributed by atoms with Crippen molar-refractivity contribution in [1.82, 2.24) is 0 Å². The van der Waals surface area contributed by atoms with Crippen LogP contribution in [0.1, 0.15) is 37.0 Å². The van der Waals surface area contributed by atoms with E-state index in [2.05, 4.69) is 69.3 Å². The van der Waals surface area contributed by atoms with Crippen LogP contribution in [0.15, 0.2) is 48.5 Å². The molecule has 1 atom stereocenters. The molecule has 3 rings (SSSR count). The minimum Gasteiger partial charge on any atom is -0.494 e. The molecule has 0 spiro atoms. The molecule has 0 bridgehead atoms. The second kappa shape index (κ2) is 8.03. The van der Waals surface area contributed by atoms with Crippen LogP contribution in [0.5, 0.6) is 5.75 Å². The van der Waals surface area contributed by atoms with Crippen molar-refractivity contribution in [2.24, 2.45) is 0 Å². The minimum atomic E-state index is -0.0229. The van der Waals surface area contributed by atoms with Crippen molar-refractivity contribution in [3.8, 4) is 5.75 Å². The maximum atomic E-state index is 5.81. The van der Waals surface area contributed by atoms with E-state index in [0.717, 1.165) is 25.4 Å². The maximum Gasteiger partial charge on any atom is 0.119 e. The monoisotopic (exact) mass is 340 g/mol. The molecule has 0 radical (unpaired) electrons. The summed E-state index contributed by atoms with van der Waals surface area (Å²) in [7, 11) is 0. The van der Waals surface area contributed by atoms with E-state index in [1.54, 1.807) is 0 Å². The molecule has 0 N–H and O–H groups in total. The van der Waals surface area contributed by atoms with Gasteiger partial charge in [0, 0.05) is 18.4 Å². The average molecular weight is 340 g/mol. The summed E-state index contributed by atoms with van der Waals surface area (Å²) in [4.78, 5) is 0. The second-order valence-electron chi connectivity index (χ2n) is 7.25. The molecule has 1 aliphatic rings. The number of epoxide rings is 1. The van der Waals surface area contributed by atoms with Gasteiger partial charge in [0.05, 0.1) is 19.8 Å². The lowest BCUT2D eigenvalue weighted by atomic mass is 9.78. The number of benzene rings is 2. The molecule has 0 saturated carbocycles. The standard InChI is InChI=1S/C22H28O3/c1-17-5-7-18(8-6-17)22(2,3)19-9-11-20(12-10-19)24-14-4-13-23-15-21-16-25-21/h5-12,21H,4,13-16H2,1-3H3. The Hall–Kier alpha value is -1.84. The average Bonchev–Trinajstić information content (AvgIpc) is 3.43. The third kappa shape index (κ3) is 5.07. The van der Waals surface area contributed by atoms with E-state index in [1.165, 1.54) is 16.7 Å². The molecule has 1 saturated heterocycles. The van der Waals surface area contributed by atoms with Crippen molar-refractivity contribution < 1.29 is 14.2 Å². The van der Waals surface area contributed by atoms with Crippen LogP contribution in [0.25, 0.3) is 0 Å². The summed E-state index contributed by atoms with van der Waals surface area (Å²) in [6, 6.07) is 17.2. The first-order chi connectivity index (χ1) is 12.1. The van der Waals surface area contributed by atoms with Crippen molar-refractivity contribution in [2.75, 3.05) is 26.4 Å². The Kier molecular flexibility index (Phi) is 5.77. The van der Waals surface area contributed by atoms with E-state index in [9.17, 15) is 0 Å². The molecule has 3 heteroatoms. The SMILES string of the molecule is Cc1ccc(C(C)(C)c2ccc(OCCCOCC3CO3)cc2)cc1. The van der Waals surface area contributed by atoms with Crippen LogP contribution >= 0.6 is 0 Å². The van der Waals surface area contributed by atoms with Gasteiger partial charge in [0.15, 0.2) is 0 Å². The fourth-order valence-corrected chi connectivity index (χ4v) is 2.83. The molecule has 134 valence electrons. The summed E-state index contributed by atoms with van der Waals surface area (Å²) in [5.74, 6) is 0.911. The van der Waals surface area contributed by atoms with Gasteiger partial charge in [0.2, 0.25) is 0 Å². The highest BCUT2D eigenvalue weighted by molar-refractivity contribution is 5.40. The van der Waals surface area contributed by atoms with E-state index in [0.29, 0.717) is 19.3 Å². The zero-order chi connectivity index (χ0) is 17.7. The molecule has 1 heterocycles. The highest BCUT2D eigenvalue weighted by atomic mass is 16.6. The molecule has 0 aliphatic carbocycles. The molecule has 25 heavy (non-hydrogen) atoms. The molecular weight excluding hydrogens is 312 g/mol. The van der Waals surface area contributed by atoms with Gasteiger partial charge in [-0.1, -0.05) is 55.8 Å². The van der Waals surface area contributed by atoms with Crippen molar-refractivity contribution in [3.63, 3.8) is 0 Å². The van der Waals surface area contributed by atoms with Gasteiger partial charge in [0.25, 0.3) is 0 Å². The van der Waals surface area contributed by atoms with E-state index in [-0.39, 0.29) is 5.41 Å². The van der Waals surface area contributed by atoms with E-state index in [1.807, 2.05) is 0 Å². The van der Waals surface area contributed by atoms with Gasteiger partial charge in [-0.3, -0.25) is 0 Å². The lowest BCUT2D eigenvalue weighted by Crippen LogP contribution is -2.18. The third-order valence-corrected chi connectivity index (χ3v) is 4.76. The van der Waals surface area contributed by atoms with E-state index >= 15 is 0 Å². The molecule has 1 unspecified atom stereocenters. The summed E-state index contributed by atoms with van der Waals surface area (Å²) in [6.45, 7) is 9.59. The van der Waals surface area contributed by atoms with Crippen molar-refractivity contribution in [3.05, 3.63) is 65.2 Å². The first-order valence-corrected chi connectivity index (χ1v) is 9.05. The fourth-order valence-electron chi connectivity index (χ4n) is 2.83. The van der Waals surface area contributed by atoms with Crippen LogP contribution in [-0.4, -0.2) is 32.5 Å². The Labute approximate surface area is 150 Å². The Bertz CT molecular complexity index is 655. The first-order valence-electron chi connectivity index (χ1n) is 9.05. The van der Waals surface area contributed by atoms with Gasteiger partial charge in [-0.2, -0.15) is 0 Å². The van der Waals surface area contributed by atoms with Crippen LogP contribution in [0.3, 0.4) is 0 Å². The van der Waals surface area contributed by atoms with Gasteiger partial charge in [-0.05, 0) is 30.2 Å². The summed E-state index contributed by atoms with van der Waals surface area (Å²) < 4.78 is 16.4. The predicted molar refractivity (Wildman–Crippen MR) is 100 cm³/mol. The fraction of sp³-hybridized carbons (Fsp3) is 0.455. The van der Waals surface area contributed by atoms with E-state index in [4.69, 9.17) is 14.2 Å². The topological polar surface area (TPSA) is 31.0 Å². The Balaban J connectivity index is 1.49. The van der Waals surface area contributed by atoms with Crippen LogP contribution in [0.2, 0.25) is 0 Å². The Morgan fingerprint density at radius 1 is 0.960 bits per heavy atom. The molecule has 2 aromatic carbocycles. The summed E-state index contributed by atoms with van der Waals surface area (Å²) in [5, 5.41) is 0. The maximum absolute atomic E-state index is 5.81. The molecule has 2 aromatic rings. The number of ether oxygens (including phenoxy) is 3. The van der Waals surface area contributed by atoms with Crippen LogP contribution < -0.4 is 4.74 Å². The number of hydrogen-bond donors (Lipinski definition) is 0. The molecule has 1 fully saturated rings. The summed E-state index contributed by atoms with van der Waals surface area (Å²) in [6.07, 6.45) is 1.23. The highest BCUT2D eigenvalue weighted by Crippen LogP contribution is 2.32. The number of rotatable bonds is 9. The largest absolute Gasteiger partial charge is 0.494 e. The minimum absolute atomic E-state index is 0.0229. The van der Waals surface area contributed by atoms with Crippen LogP contribution in [0.4, 0.5) is 0 Å². The van der Waals surface area contributed by atoms with Crippen LogP contribution in [-0.2, 0) is 14.9 Å². The third-order valence-electron chi connectivity index (χ3n) is 4.76. The highest BCUT2D eigenvalue weighted by Gasteiger charge is 2.23. The molecule has 0 aromatic heterocycles. The zero-order valence-corrected chi connectivity index (χ0v) is 15.5. The smallest absolute Gasteiger partial charge is 0.119 e. The zero-order valence-electron chi connectivity index (χ0n) is 15.5. The van der Waals surface area contributed by atoms with Gasteiger partial charge >= 0.3 is 0 Å². The summed E-state index contributed by atoms with van der Waals surface area (Å²) in [5.41, 5.74) is 3.88. The van der Waals surface area contributed by atoms with Crippen molar-refractivity contribution >= 4 is 0 Å². The Morgan fingerprint density at radius 2 is 1.56 bits per heavy atom. The van der Waals surface area contributed by atoms with Gasteiger partial charge in [-0.25, -0.2) is 0 Å². The lowest BCUT2D eigenvalue weighted by Gasteiger charge is -2.26. The molecular formula is C22H28O3. The summed E-state index contributed by atoms with van der Waals surface area (Å²) >= 11 is 0. The number of aryl methyl sites for hydroxylation is 1. The molecule has 3 nitrogen and oxygen atoms in total.